The molecule has 1 heterocycles. The average Bonchev–Trinajstić information content (AvgIpc) is 2.87. The van der Waals surface area contributed by atoms with Gasteiger partial charge in [-0.25, -0.2) is 9.97 Å². The molecule has 0 aromatic carbocycles. The van der Waals surface area contributed by atoms with Crippen LogP contribution in [0.3, 0.4) is 0 Å². The summed E-state index contributed by atoms with van der Waals surface area (Å²) < 4.78 is 0. The van der Waals surface area contributed by atoms with E-state index in [-0.39, 0.29) is 0 Å². The molecule has 0 spiro atoms. The minimum Gasteiger partial charge on any atom is -0.370 e. The number of hydrogen-bond donors (Lipinski definition) is 1. The molecule has 3 nitrogen and oxygen atoms in total. The molecule has 0 saturated heterocycles. The molecule has 0 unspecified atom stereocenters. The van der Waals surface area contributed by atoms with E-state index < -0.39 is 0 Å². The second-order valence-corrected chi connectivity index (χ2v) is 6.86. The third-order valence-electron chi connectivity index (χ3n) is 3.56. The second-order valence-electron chi connectivity index (χ2n) is 5.57. The Morgan fingerprint density at radius 2 is 1.95 bits per heavy atom. The van der Waals surface area contributed by atoms with Crippen molar-refractivity contribution in [3.05, 3.63) is 11.4 Å². The number of thioether (sulfide) groups is 1. The number of anilines is 1. The summed E-state index contributed by atoms with van der Waals surface area (Å²) in [5, 5.41) is 5.31. The molecule has 0 radical (unpaired) electrons. The highest BCUT2D eigenvalue weighted by Gasteiger charge is 2.20. The van der Waals surface area contributed by atoms with Gasteiger partial charge in [-0.05, 0) is 26.7 Å². The molecule has 1 aromatic heterocycles. The summed E-state index contributed by atoms with van der Waals surface area (Å²) in [6, 6.07) is 0. The number of rotatable bonds is 5. The summed E-state index contributed by atoms with van der Waals surface area (Å²) in [7, 11) is 0. The molecular weight excluding hydrogens is 254 g/mol. The van der Waals surface area contributed by atoms with E-state index in [2.05, 4.69) is 38.0 Å². The van der Waals surface area contributed by atoms with Crippen molar-refractivity contribution in [3.8, 4) is 0 Å². The van der Waals surface area contributed by atoms with Crippen molar-refractivity contribution in [1.29, 1.82) is 0 Å². The normalized spacial score (nSPS) is 16.3. The highest BCUT2D eigenvalue weighted by molar-refractivity contribution is 7.99. The Morgan fingerprint density at radius 3 is 2.53 bits per heavy atom. The topological polar surface area (TPSA) is 37.8 Å². The van der Waals surface area contributed by atoms with E-state index >= 15 is 0 Å². The molecule has 1 saturated carbocycles. The van der Waals surface area contributed by atoms with E-state index in [9.17, 15) is 0 Å². The van der Waals surface area contributed by atoms with E-state index in [4.69, 9.17) is 4.98 Å². The molecule has 19 heavy (non-hydrogen) atoms. The molecule has 0 aliphatic heterocycles. The Bertz CT molecular complexity index is 426. The van der Waals surface area contributed by atoms with Gasteiger partial charge in [-0.15, -0.1) is 11.8 Å². The van der Waals surface area contributed by atoms with Crippen molar-refractivity contribution in [2.45, 2.75) is 69.6 Å². The number of hydrogen-bond acceptors (Lipinski definition) is 4. The van der Waals surface area contributed by atoms with Crippen LogP contribution in [0.5, 0.6) is 0 Å². The Labute approximate surface area is 121 Å². The van der Waals surface area contributed by atoms with Crippen LogP contribution >= 0.6 is 11.8 Å². The monoisotopic (exact) mass is 279 g/mol. The molecule has 0 amide bonds. The number of nitrogens with one attached hydrogen (secondary N) is 1. The standard InChI is InChI=1S/C15H25N3S/c1-5-16-14-11(4)15(18-13(17-14)10(2)3)19-12-8-6-7-9-12/h10,12H,5-9H2,1-4H3,(H,16,17,18). The van der Waals surface area contributed by atoms with Gasteiger partial charge in [0.15, 0.2) is 0 Å². The molecule has 1 aromatic rings. The molecule has 1 aliphatic rings. The maximum absolute atomic E-state index is 4.79. The molecule has 1 N–H and O–H groups in total. The molecule has 4 heteroatoms. The van der Waals surface area contributed by atoms with Crippen molar-refractivity contribution < 1.29 is 0 Å². The van der Waals surface area contributed by atoms with Crippen LogP contribution < -0.4 is 5.32 Å². The van der Waals surface area contributed by atoms with Gasteiger partial charge in [-0.2, -0.15) is 0 Å². The van der Waals surface area contributed by atoms with Crippen LogP contribution in [0.25, 0.3) is 0 Å². The first kappa shape index (κ1) is 14.6. The average molecular weight is 279 g/mol. The third kappa shape index (κ3) is 3.62. The molecule has 1 fully saturated rings. The van der Waals surface area contributed by atoms with E-state index in [1.807, 2.05) is 11.8 Å². The lowest BCUT2D eigenvalue weighted by Crippen LogP contribution is -2.09. The molecule has 0 atom stereocenters. The quantitative estimate of drug-likeness (QED) is 0.812. The van der Waals surface area contributed by atoms with Crippen LogP contribution in [0, 0.1) is 6.92 Å². The van der Waals surface area contributed by atoms with Crippen LogP contribution in [0.2, 0.25) is 0 Å². The van der Waals surface area contributed by atoms with Gasteiger partial charge in [0, 0.05) is 23.3 Å². The van der Waals surface area contributed by atoms with E-state index in [0.717, 1.165) is 23.4 Å². The fraction of sp³-hybridized carbons (Fsp3) is 0.733. The molecule has 106 valence electrons. The van der Waals surface area contributed by atoms with Crippen LogP contribution in [-0.2, 0) is 0 Å². The first-order valence-corrected chi connectivity index (χ1v) is 8.28. The highest BCUT2D eigenvalue weighted by Crippen LogP contribution is 2.37. The lowest BCUT2D eigenvalue weighted by Gasteiger charge is -2.16. The smallest absolute Gasteiger partial charge is 0.134 e. The molecule has 1 aliphatic carbocycles. The first-order valence-electron chi connectivity index (χ1n) is 7.40. The van der Waals surface area contributed by atoms with Gasteiger partial charge < -0.3 is 5.32 Å². The van der Waals surface area contributed by atoms with Crippen molar-refractivity contribution in [2.24, 2.45) is 0 Å². The van der Waals surface area contributed by atoms with Gasteiger partial charge in [0.05, 0.1) is 0 Å². The predicted molar refractivity (Wildman–Crippen MR) is 83.1 cm³/mol. The van der Waals surface area contributed by atoms with Crippen LogP contribution in [0.1, 0.15) is 63.8 Å². The van der Waals surface area contributed by atoms with Crippen LogP contribution in [-0.4, -0.2) is 21.8 Å². The summed E-state index contributed by atoms with van der Waals surface area (Å²) >= 11 is 1.96. The first-order chi connectivity index (χ1) is 9.11. The lowest BCUT2D eigenvalue weighted by atomic mass is 10.2. The maximum atomic E-state index is 4.79. The van der Waals surface area contributed by atoms with E-state index in [0.29, 0.717) is 5.92 Å². The fourth-order valence-electron chi connectivity index (χ4n) is 2.39. The zero-order chi connectivity index (χ0) is 13.8. The van der Waals surface area contributed by atoms with Gasteiger partial charge in [-0.1, -0.05) is 26.7 Å². The Balaban J connectivity index is 2.28. The Kier molecular flexibility index (Phi) is 5.08. The SMILES string of the molecule is CCNc1nc(C(C)C)nc(SC2CCCC2)c1C. The highest BCUT2D eigenvalue weighted by atomic mass is 32.2. The van der Waals surface area contributed by atoms with Gasteiger partial charge in [0.2, 0.25) is 0 Å². The zero-order valence-corrected chi connectivity index (χ0v) is 13.3. The van der Waals surface area contributed by atoms with Gasteiger partial charge in [0.25, 0.3) is 0 Å². The summed E-state index contributed by atoms with van der Waals surface area (Å²) in [6.45, 7) is 9.47. The largest absolute Gasteiger partial charge is 0.370 e. The Hall–Kier alpha value is -0.770. The fourth-order valence-corrected chi connectivity index (χ4v) is 3.69. The van der Waals surface area contributed by atoms with Crippen molar-refractivity contribution in [1.82, 2.24) is 9.97 Å². The summed E-state index contributed by atoms with van der Waals surface area (Å²) in [5.74, 6) is 2.35. The molecular formula is C15H25N3S. The van der Waals surface area contributed by atoms with Crippen molar-refractivity contribution in [2.75, 3.05) is 11.9 Å². The van der Waals surface area contributed by atoms with Crippen LogP contribution in [0.4, 0.5) is 5.82 Å². The summed E-state index contributed by atoms with van der Waals surface area (Å²) in [4.78, 5) is 9.45. The number of aromatic nitrogens is 2. The molecule has 0 bridgehead atoms. The second kappa shape index (κ2) is 6.60. The molecule has 2 rings (SSSR count). The van der Waals surface area contributed by atoms with Crippen LogP contribution in [0.15, 0.2) is 5.03 Å². The zero-order valence-electron chi connectivity index (χ0n) is 12.5. The van der Waals surface area contributed by atoms with Gasteiger partial charge in [-0.3, -0.25) is 0 Å². The summed E-state index contributed by atoms with van der Waals surface area (Å²) in [5.41, 5.74) is 1.21. The van der Waals surface area contributed by atoms with Gasteiger partial charge >= 0.3 is 0 Å². The Morgan fingerprint density at radius 1 is 1.26 bits per heavy atom. The maximum Gasteiger partial charge on any atom is 0.134 e. The van der Waals surface area contributed by atoms with Crippen molar-refractivity contribution in [3.63, 3.8) is 0 Å². The number of nitrogens with zero attached hydrogens (tertiary/aromatic N) is 2. The minimum absolute atomic E-state index is 0.376. The lowest BCUT2D eigenvalue weighted by molar-refractivity contribution is 0.747. The third-order valence-corrected chi connectivity index (χ3v) is 4.99. The minimum atomic E-state index is 0.376. The van der Waals surface area contributed by atoms with E-state index in [1.54, 1.807) is 0 Å². The predicted octanol–water partition coefficient (Wildman–Crippen LogP) is 4.37. The van der Waals surface area contributed by atoms with E-state index in [1.165, 1.54) is 36.3 Å². The van der Waals surface area contributed by atoms with Gasteiger partial charge in [0.1, 0.15) is 16.7 Å². The summed E-state index contributed by atoms with van der Waals surface area (Å²) in [6.07, 6.45) is 5.42. The van der Waals surface area contributed by atoms with Crippen molar-refractivity contribution >= 4 is 17.6 Å².